The summed E-state index contributed by atoms with van der Waals surface area (Å²) in [6.45, 7) is 0.805. The van der Waals surface area contributed by atoms with E-state index in [1.807, 2.05) is 5.38 Å². The molecule has 2 N–H and O–H groups in total. The average molecular weight is 409 g/mol. The third kappa shape index (κ3) is 7.61. The number of nitrogens with one attached hydrogen (secondary N) is 1. The average Bonchev–Trinajstić information content (AvgIpc) is 3.14. The summed E-state index contributed by atoms with van der Waals surface area (Å²) in [6.07, 6.45) is 2.43. The molecule has 1 heterocycles. The van der Waals surface area contributed by atoms with Crippen LogP contribution in [0.1, 0.15) is 30.5 Å². The number of unbranched alkanes of at least 4 members (excludes halogenated alkanes) is 2. The molecule has 0 fully saturated rings. The smallest absolute Gasteiger partial charge is 0.413 e. The second kappa shape index (κ2) is 11.4. The summed E-state index contributed by atoms with van der Waals surface area (Å²) in [7, 11) is 1.47. The second-order valence-electron chi connectivity index (χ2n) is 6.24. The number of hydrogen-bond donors (Lipinski definition) is 2. The summed E-state index contributed by atoms with van der Waals surface area (Å²) < 4.78 is 18.1. The molecule has 1 aromatic heterocycles. The fourth-order valence-corrected chi connectivity index (χ4v) is 3.19. The minimum Gasteiger partial charge on any atom is -0.465 e. The number of carboxylic acid groups (broad SMARTS) is 1. The molecule has 0 saturated carbocycles. The van der Waals surface area contributed by atoms with E-state index in [-0.39, 0.29) is 24.9 Å². The Labute approximate surface area is 167 Å². The van der Waals surface area contributed by atoms with E-state index in [1.165, 1.54) is 30.5 Å². The molecule has 152 valence electrons. The van der Waals surface area contributed by atoms with Gasteiger partial charge < -0.3 is 15.2 Å². The summed E-state index contributed by atoms with van der Waals surface area (Å²) in [5.41, 5.74) is 1.69. The van der Waals surface area contributed by atoms with Crippen molar-refractivity contribution in [2.45, 2.75) is 32.3 Å². The van der Waals surface area contributed by atoms with Crippen molar-refractivity contribution in [1.29, 1.82) is 0 Å². The number of ether oxygens (including phenoxy) is 1. The van der Waals surface area contributed by atoms with Crippen molar-refractivity contribution in [2.75, 3.05) is 25.1 Å². The monoisotopic (exact) mass is 409 g/mol. The molecule has 0 aliphatic rings. The predicted molar refractivity (Wildman–Crippen MR) is 105 cm³/mol. The number of anilines is 1. The topological polar surface area (TPSA) is 91.8 Å². The van der Waals surface area contributed by atoms with Crippen molar-refractivity contribution in [2.24, 2.45) is 0 Å². The first-order valence-electron chi connectivity index (χ1n) is 8.95. The molecular formula is C19H24FN3O4S. The molecule has 0 aliphatic carbocycles. The molecule has 0 unspecified atom stereocenters. The van der Waals surface area contributed by atoms with E-state index in [4.69, 9.17) is 9.84 Å². The number of thiazole rings is 1. The third-order valence-corrected chi connectivity index (χ3v) is 4.93. The van der Waals surface area contributed by atoms with Gasteiger partial charge in [-0.1, -0.05) is 18.6 Å². The molecule has 9 heteroatoms. The molecule has 7 nitrogen and oxygen atoms in total. The SMILES string of the molecule is CN(C(=O)O)c1nc(CCCCCNC(=O)COCc2ccc(F)cc2)cs1. The Balaban J connectivity index is 1.51. The lowest BCUT2D eigenvalue weighted by Gasteiger charge is -2.07. The zero-order valence-electron chi connectivity index (χ0n) is 15.7. The number of aryl methyl sites for hydroxylation is 1. The van der Waals surface area contributed by atoms with Crippen molar-refractivity contribution < 1.29 is 23.8 Å². The number of hydrogen-bond acceptors (Lipinski definition) is 5. The molecule has 0 saturated heterocycles. The predicted octanol–water partition coefficient (Wildman–Crippen LogP) is 3.44. The Morgan fingerprint density at radius 1 is 1.25 bits per heavy atom. The highest BCUT2D eigenvalue weighted by Crippen LogP contribution is 2.20. The zero-order valence-corrected chi connectivity index (χ0v) is 16.5. The van der Waals surface area contributed by atoms with Crippen LogP contribution in [0, 0.1) is 5.82 Å². The quantitative estimate of drug-likeness (QED) is 0.555. The molecule has 28 heavy (non-hydrogen) atoms. The van der Waals surface area contributed by atoms with Gasteiger partial charge in [0.2, 0.25) is 5.91 Å². The number of halogens is 1. The summed E-state index contributed by atoms with van der Waals surface area (Å²) in [4.78, 5) is 28.0. The molecule has 2 rings (SSSR count). The molecule has 2 aromatic rings. The lowest BCUT2D eigenvalue weighted by molar-refractivity contribution is -0.126. The Kier molecular flexibility index (Phi) is 8.83. The van der Waals surface area contributed by atoms with Crippen LogP contribution in [-0.2, 0) is 22.6 Å². The second-order valence-corrected chi connectivity index (χ2v) is 7.08. The highest BCUT2D eigenvalue weighted by Gasteiger charge is 2.12. The number of amides is 2. The van der Waals surface area contributed by atoms with Gasteiger partial charge >= 0.3 is 6.09 Å². The first-order chi connectivity index (χ1) is 13.5. The lowest BCUT2D eigenvalue weighted by atomic mass is 10.1. The van der Waals surface area contributed by atoms with Crippen LogP contribution in [0.2, 0.25) is 0 Å². The fraction of sp³-hybridized carbons (Fsp3) is 0.421. The van der Waals surface area contributed by atoms with Crippen LogP contribution in [-0.4, -0.2) is 42.3 Å². The fourth-order valence-electron chi connectivity index (χ4n) is 2.38. The van der Waals surface area contributed by atoms with Gasteiger partial charge in [0.1, 0.15) is 12.4 Å². The van der Waals surface area contributed by atoms with Crippen LogP contribution >= 0.6 is 11.3 Å². The minimum absolute atomic E-state index is 0.0317. The lowest BCUT2D eigenvalue weighted by Crippen LogP contribution is -2.28. The molecule has 0 radical (unpaired) electrons. The summed E-state index contributed by atoms with van der Waals surface area (Å²) in [6, 6.07) is 5.96. The van der Waals surface area contributed by atoms with Crippen LogP contribution in [0.3, 0.4) is 0 Å². The first kappa shape index (κ1) is 21.8. The van der Waals surface area contributed by atoms with E-state index >= 15 is 0 Å². The third-order valence-electron chi connectivity index (χ3n) is 3.96. The van der Waals surface area contributed by atoms with Crippen molar-refractivity contribution in [3.63, 3.8) is 0 Å². The number of carbonyl (C=O) groups is 2. The number of benzene rings is 1. The van der Waals surface area contributed by atoms with Gasteiger partial charge in [0.25, 0.3) is 0 Å². The molecule has 0 bridgehead atoms. The first-order valence-corrected chi connectivity index (χ1v) is 9.83. The number of rotatable bonds is 11. The van der Waals surface area contributed by atoms with E-state index in [9.17, 15) is 14.0 Å². The van der Waals surface area contributed by atoms with Crippen LogP contribution in [0.4, 0.5) is 14.3 Å². The van der Waals surface area contributed by atoms with Crippen molar-refractivity contribution in [3.05, 3.63) is 46.7 Å². The molecule has 1 aromatic carbocycles. The maximum atomic E-state index is 12.8. The highest BCUT2D eigenvalue weighted by molar-refractivity contribution is 7.14. The molecular weight excluding hydrogens is 385 g/mol. The Hall–Kier alpha value is -2.52. The van der Waals surface area contributed by atoms with E-state index < -0.39 is 6.09 Å². The van der Waals surface area contributed by atoms with Crippen LogP contribution < -0.4 is 10.2 Å². The summed E-state index contributed by atoms with van der Waals surface area (Å²) >= 11 is 1.31. The Morgan fingerprint density at radius 3 is 2.71 bits per heavy atom. The van der Waals surface area contributed by atoms with Crippen molar-refractivity contribution in [3.8, 4) is 0 Å². The zero-order chi connectivity index (χ0) is 20.4. The van der Waals surface area contributed by atoms with Crippen molar-refractivity contribution >= 4 is 28.5 Å². The Bertz CT molecular complexity index is 767. The normalized spacial score (nSPS) is 10.6. The minimum atomic E-state index is -1.03. The van der Waals surface area contributed by atoms with Gasteiger partial charge in [-0.25, -0.2) is 14.2 Å². The van der Waals surface area contributed by atoms with Crippen LogP contribution in [0.5, 0.6) is 0 Å². The Morgan fingerprint density at radius 2 is 2.00 bits per heavy atom. The largest absolute Gasteiger partial charge is 0.465 e. The summed E-state index contributed by atoms with van der Waals surface area (Å²) in [5.74, 6) is -0.479. The summed E-state index contributed by atoms with van der Waals surface area (Å²) in [5, 5.41) is 14.1. The number of carbonyl (C=O) groups excluding carboxylic acids is 1. The van der Waals surface area contributed by atoms with E-state index in [2.05, 4.69) is 10.3 Å². The van der Waals surface area contributed by atoms with E-state index in [0.29, 0.717) is 11.7 Å². The van der Waals surface area contributed by atoms with Crippen LogP contribution in [0.15, 0.2) is 29.6 Å². The molecule has 0 aliphatic heterocycles. The van der Waals surface area contributed by atoms with Gasteiger partial charge in [-0.3, -0.25) is 9.69 Å². The molecule has 0 spiro atoms. The maximum Gasteiger partial charge on any atom is 0.413 e. The van der Waals surface area contributed by atoms with Gasteiger partial charge in [-0.05, 0) is 37.0 Å². The maximum absolute atomic E-state index is 12.8. The van der Waals surface area contributed by atoms with E-state index in [1.54, 1.807) is 12.1 Å². The standard InChI is InChI=1S/C19H24FN3O4S/c1-23(19(25)26)18-22-16(13-28-18)5-3-2-4-10-21-17(24)12-27-11-14-6-8-15(20)9-7-14/h6-9,13H,2-5,10-12H2,1H3,(H,21,24)(H,25,26). The van der Waals surface area contributed by atoms with Gasteiger partial charge in [0.15, 0.2) is 5.13 Å². The van der Waals surface area contributed by atoms with Crippen molar-refractivity contribution in [1.82, 2.24) is 10.3 Å². The van der Waals surface area contributed by atoms with Gasteiger partial charge in [-0.15, -0.1) is 11.3 Å². The number of aromatic nitrogens is 1. The highest BCUT2D eigenvalue weighted by atomic mass is 32.1. The van der Waals surface area contributed by atoms with Gasteiger partial charge in [0, 0.05) is 19.0 Å². The molecule has 0 atom stereocenters. The molecule has 2 amide bonds. The number of nitrogens with zero attached hydrogens (tertiary/aromatic N) is 2. The van der Waals surface area contributed by atoms with E-state index in [0.717, 1.165) is 41.8 Å². The van der Waals surface area contributed by atoms with Gasteiger partial charge in [-0.2, -0.15) is 0 Å². The van der Waals surface area contributed by atoms with Gasteiger partial charge in [0.05, 0.1) is 12.3 Å². The van der Waals surface area contributed by atoms with Crippen LogP contribution in [0.25, 0.3) is 0 Å².